The number of hydrogen-bond donors (Lipinski definition) is 1. The summed E-state index contributed by atoms with van der Waals surface area (Å²) in [6.07, 6.45) is 0.162. The maximum absolute atomic E-state index is 12.9. The number of aliphatic carboxylic acids is 1. The van der Waals surface area contributed by atoms with Crippen molar-refractivity contribution in [3.05, 3.63) is 58.0 Å². The fraction of sp³-hybridized carbons (Fsp3) is 0.200. The van der Waals surface area contributed by atoms with Crippen LogP contribution in [0.2, 0.25) is 0 Å². The van der Waals surface area contributed by atoms with Crippen LogP contribution >= 0.6 is 11.3 Å². The van der Waals surface area contributed by atoms with E-state index in [1.807, 2.05) is 16.8 Å². The van der Waals surface area contributed by atoms with Crippen molar-refractivity contribution in [3.8, 4) is 0 Å². The summed E-state index contributed by atoms with van der Waals surface area (Å²) in [4.78, 5) is 23.2. The van der Waals surface area contributed by atoms with Gasteiger partial charge in [0.05, 0.1) is 0 Å². The van der Waals surface area contributed by atoms with Crippen LogP contribution in [0.5, 0.6) is 0 Å². The Morgan fingerprint density at radius 2 is 1.90 bits per heavy atom. The third-order valence-electron chi connectivity index (χ3n) is 3.04. The molecule has 0 saturated carbocycles. The Hall–Kier alpha value is -2.01. The second kappa shape index (κ2) is 6.43. The lowest BCUT2D eigenvalue weighted by Gasteiger charge is -2.13. The molecule has 3 nitrogen and oxygen atoms in total. The Labute approximate surface area is 119 Å². The average Bonchev–Trinajstić information content (AvgIpc) is 2.93. The molecule has 1 heterocycles. The molecule has 0 aliphatic heterocycles. The Morgan fingerprint density at radius 3 is 2.45 bits per heavy atom. The number of carbonyl (C=O) groups is 2. The van der Waals surface area contributed by atoms with E-state index in [0.717, 1.165) is 5.56 Å². The summed E-state index contributed by atoms with van der Waals surface area (Å²) in [6, 6.07) is 7.14. The normalized spacial score (nSPS) is 12.1. The summed E-state index contributed by atoms with van der Waals surface area (Å²) in [7, 11) is 0. The zero-order valence-electron chi connectivity index (χ0n) is 10.6. The van der Waals surface area contributed by atoms with Crippen LogP contribution < -0.4 is 0 Å². The fourth-order valence-electron chi connectivity index (χ4n) is 2.01. The minimum atomic E-state index is -0.933. The molecule has 0 spiro atoms. The molecular formula is C15H13FO3S. The van der Waals surface area contributed by atoms with Gasteiger partial charge < -0.3 is 5.11 Å². The Balaban J connectivity index is 2.23. The van der Waals surface area contributed by atoms with Gasteiger partial charge in [0.15, 0.2) is 5.78 Å². The molecule has 0 radical (unpaired) electrons. The van der Waals surface area contributed by atoms with Crippen LogP contribution in [-0.2, 0) is 4.79 Å². The molecule has 104 valence electrons. The molecule has 0 saturated heterocycles. The second-order valence-electron chi connectivity index (χ2n) is 4.41. The van der Waals surface area contributed by atoms with E-state index in [1.165, 1.54) is 35.6 Å². The SMILES string of the molecule is O=C(O)CCC(C(=O)c1ccc(F)cc1)c1ccsc1. The quantitative estimate of drug-likeness (QED) is 0.826. The molecule has 0 aliphatic carbocycles. The van der Waals surface area contributed by atoms with Crippen LogP contribution in [0.15, 0.2) is 41.1 Å². The topological polar surface area (TPSA) is 54.4 Å². The lowest BCUT2D eigenvalue weighted by atomic mass is 9.88. The number of benzene rings is 1. The third-order valence-corrected chi connectivity index (χ3v) is 3.74. The summed E-state index contributed by atoms with van der Waals surface area (Å²) >= 11 is 1.46. The first-order valence-electron chi connectivity index (χ1n) is 6.11. The van der Waals surface area contributed by atoms with Crippen molar-refractivity contribution >= 4 is 23.1 Å². The van der Waals surface area contributed by atoms with Crippen molar-refractivity contribution in [2.75, 3.05) is 0 Å². The standard InChI is InChI=1S/C15H13FO3S/c16-12-3-1-10(2-4-12)15(19)13(5-6-14(17)18)11-7-8-20-9-11/h1-4,7-9,13H,5-6H2,(H,17,18). The van der Waals surface area contributed by atoms with Gasteiger partial charge in [0, 0.05) is 17.9 Å². The predicted octanol–water partition coefficient (Wildman–Crippen LogP) is 3.72. The number of carboxylic acid groups (broad SMARTS) is 1. The van der Waals surface area contributed by atoms with Crippen molar-refractivity contribution in [1.29, 1.82) is 0 Å². The third kappa shape index (κ3) is 3.51. The van der Waals surface area contributed by atoms with Crippen molar-refractivity contribution in [3.63, 3.8) is 0 Å². The number of Topliss-reactive ketones (excluding diaryl/α,β-unsaturated/α-hetero) is 1. The summed E-state index contributed by atoms with van der Waals surface area (Å²) in [5.74, 6) is -2.01. The van der Waals surface area contributed by atoms with E-state index in [0.29, 0.717) is 5.56 Å². The lowest BCUT2D eigenvalue weighted by Crippen LogP contribution is -2.14. The first kappa shape index (κ1) is 14.4. The Kier molecular flexibility index (Phi) is 4.63. The molecule has 2 rings (SSSR count). The van der Waals surface area contributed by atoms with Gasteiger partial charge in [0.1, 0.15) is 5.82 Å². The van der Waals surface area contributed by atoms with Gasteiger partial charge in [-0.05, 0) is 53.1 Å². The highest BCUT2D eigenvalue weighted by Crippen LogP contribution is 2.27. The van der Waals surface area contributed by atoms with E-state index in [-0.39, 0.29) is 18.6 Å². The van der Waals surface area contributed by atoms with Gasteiger partial charge in [-0.3, -0.25) is 9.59 Å². The first-order chi connectivity index (χ1) is 9.58. The van der Waals surface area contributed by atoms with Gasteiger partial charge in [0.25, 0.3) is 0 Å². The van der Waals surface area contributed by atoms with Crippen LogP contribution in [-0.4, -0.2) is 16.9 Å². The van der Waals surface area contributed by atoms with E-state index >= 15 is 0 Å². The van der Waals surface area contributed by atoms with E-state index in [4.69, 9.17) is 5.11 Å². The van der Waals surface area contributed by atoms with Crippen LogP contribution in [0.25, 0.3) is 0 Å². The van der Waals surface area contributed by atoms with E-state index < -0.39 is 17.7 Å². The monoisotopic (exact) mass is 292 g/mol. The summed E-state index contributed by atoms with van der Waals surface area (Å²) in [5, 5.41) is 12.5. The molecule has 0 aliphatic rings. The van der Waals surface area contributed by atoms with Crippen molar-refractivity contribution in [2.24, 2.45) is 0 Å². The predicted molar refractivity (Wildman–Crippen MR) is 74.7 cm³/mol. The number of carboxylic acids is 1. The smallest absolute Gasteiger partial charge is 0.303 e. The highest BCUT2D eigenvalue weighted by atomic mass is 32.1. The summed E-state index contributed by atoms with van der Waals surface area (Å²) in [5.41, 5.74) is 1.21. The number of rotatable bonds is 6. The maximum atomic E-state index is 12.9. The molecule has 0 bridgehead atoms. The zero-order valence-corrected chi connectivity index (χ0v) is 11.4. The van der Waals surface area contributed by atoms with Crippen molar-refractivity contribution in [2.45, 2.75) is 18.8 Å². The van der Waals surface area contributed by atoms with Gasteiger partial charge in [-0.15, -0.1) is 0 Å². The summed E-state index contributed by atoms with van der Waals surface area (Å²) < 4.78 is 12.9. The molecule has 1 atom stereocenters. The minimum Gasteiger partial charge on any atom is -0.481 e. The number of ketones is 1. The molecule has 2 aromatic rings. The summed E-state index contributed by atoms with van der Waals surface area (Å²) in [6.45, 7) is 0. The number of thiophene rings is 1. The molecule has 5 heteroatoms. The second-order valence-corrected chi connectivity index (χ2v) is 5.19. The average molecular weight is 292 g/mol. The highest BCUT2D eigenvalue weighted by Gasteiger charge is 2.23. The van der Waals surface area contributed by atoms with E-state index in [2.05, 4.69) is 0 Å². The molecular weight excluding hydrogens is 279 g/mol. The molecule has 20 heavy (non-hydrogen) atoms. The molecule has 1 N–H and O–H groups in total. The van der Waals surface area contributed by atoms with Crippen molar-refractivity contribution in [1.82, 2.24) is 0 Å². The van der Waals surface area contributed by atoms with Gasteiger partial charge in [-0.25, -0.2) is 4.39 Å². The van der Waals surface area contributed by atoms with Crippen LogP contribution in [0, 0.1) is 5.82 Å². The van der Waals surface area contributed by atoms with Gasteiger partial charge in [0.2, 0.25) is 0 Å². The minimum absolute atomic E-state index is 0.0759. The maximum Gasteiger partial charge on any atom is 0.303 e. The first-order valence-corrected chi connectivity index (χ1v) is 7.06. The molecule has 0 amide bonds. The van der Waals surface area contributed by atoms with Crippen LogP contribution in [0.1, 0.15) is 34.7 Å². The van der Waals surface area contributed by atoms with E-state index in [1.54, 1.807) is 0 Å². The number of hydrogen-bond acceptors (Lipinski definition) is 3. The Morgan fingerprint density at radius 1 is 1.20 bits per heavy atom. The van der Waals surface area contributed by atoms with E-state index in [9.17, 15) is 14.0 Å². The molecule has 1 aromatic heterocycles. The molecule has 1 aromatic carbocycles. The van der Waals surface area contributed by atoms with Gasteiger partial charge in [-0.2, -0.15) is 11.3 Å². The molecule has 1 unspecified atom stereocenters. The Bertz CT molecular complexity index is 590. The van der Waals surface area contributed by atoms with Gasteiger partial charge in [-0.1, -0.05) is 0 Å². The largest absolute Gasteiger partial charge is 0.481 e. The highest BCUT2D eigenvalue weighted by molar-refractivity contribution is 7.08. The fourth-order valence-corrected chi connectivity index (χ4v) is 2.72. The van der Waals surface area contributed by atoms with Crippen molar-refractivity contribution < 1.29 is 19.1 Å². The number of carbonyl (C=O) groups excluding carboxylic acids is 1. The molecule has 0 fully saturated rings. The van der Waals surface area contributed by atoms with Crippen LogP contribution in [0.4, 0.5) is 4.39 Å². The number of halogens is 1. The zero-order chi connectivity index (χ0) is 14.5. The lowest BCUT2D eigenvalue weighted by molar-refractivity contribution is -0.137. The van der Waals surface area contributed by atoms with Crippen LogP contribution in [0.3, 0.4) is 0 Å². The van der Waals surface area contributed by atoms with Gasteiger partial charge >= 0.3 is 5.97 Å².